The normalized spacial score (nSPS) is 17.4. The average molecular weight is 327 g/mol. The highest BCUT2D eigenvalue weighted by Gasteiger charge is 2.24. The van der Waals surface area contributed by atoms with Gasteiger partial charge in [0.2, 0.25) is 0 Å². The van der Waals surface area contributed by atoms with Crippen LogP contribution in [0.4, 0.5) is 5.69 Å². The van der Waals surface area contributed by atoms with E-state index in [9.17, 15) is 9.90 Å². The third-order valence-electron chi connectivity index (χ3n) is 4.26. The van der Waals surface area contributed by atoms with Crippen molar-refractivity contribution in [3.05, 3.63) is 48.0 Å². The smallest absolute Gasteiger partial charge is 0.157 e. The van der Waals surface area contributed by atoms with Crippen LogP contribution in [0.25, 0.3) is 0 Å². The van der Waals surface area contributed by atoms with Crippen molar-refractivity contribution >= 4 is 12.0 Å². The molecule has 1 unspecified atom stereocenters. The van der Waals surface area contributed by atoms with Crippen LogP contribution in [0.15, 0.2) is 42.5 Å². The van der Waals surface area contributed by atoms with Gasteiger partial charge in [0.25, 0.3) is 0 Å². The second kappa shape index (κ2) is 7.25. The topological polar surface area (TPSA) is 59.0 Å². The van der Waals surface area contributed by atoms with Gasteiger partial charge in [-0.1, -0.05) is 18.2 Å². The van der Waals surface area contributed by atoms with Gasteiger partial charge in [-0.3, -0.25) is 4.79 Å². The van der Waals surface area contributed by atoms with Crippen LogP contribution in [-0.4, -0.2) is 37.7 Å². The Hall–Kier alpha value is -2.69. The average Bonchev–Trinajstić information content (AvgIpc) is 2.62. The zero-order valence-electron chi connectivity index (χ0n) is 13.6. The summed E-state index contributed by atoms with van der Waals surface area (Å²) in [6.45, 7) is 1.63. The van der Waals surface area contributed by atoms with Gasteiger partial charge >= 0.3 is 0 Å². The molecule has 0 amide bonds. The molecule has 1 aliphatic rings. The standard InChI is InChI=1S/C19H21NO4/c1-23-19-9-3-2-7-16(19)20-11-5-6-14(12-20)24-18-10-4-8-17(22)15(18)13-21/h2-4,7-10,13-14,22H,5-6,11-12H2,1H3. The molecule has 1 fully saturated rings. The summed E-state index contributed by atoms with van der Waals surface area (Å²) in [5, 5.41) is 9.78. The molecule has 24 heavy (non-hydrogen) atoms. The van der Waals surface area contributed by atoms with Crippen molar-refractivity contribution in [2.24, 2.45) is 0 Å². The lowest BCUT2D eigenvalue weighted by Gasteiger charge is -2.35. The summed E-state index contributed by atoms with van der Waals surface area (Å²) in [6, 6.07) is 12.8. The summed E-state index contributed by atoms with van der Waals surface area (Å²) >= 11 is 0. The molecule has 0 aliphatic carbocycles. The lowest BCUT2D eigenvalue weighted by molar-refractivity contribution is 0.111. The fourth-order valence-corrected chi connectivity index (χ4v) is 3.08. The van der Waals surface area contributed by atoms with Gasteiger partial charge in [-0.15, -0.1) is 0 Å². The minimum Gasteiger partial charge on any atom is -0.507 e. The molecule has 1 N–H and O–H groups in total. The monoisotopic (exact) mass is 327 g/mol. The summed E-state index contributed by atoms with van der Waals surface area (Å²) < 4.78 is 11.5. The molecular formula is C19H21NO4. The zero-order valence-corrected chi connectivity index (χ0v) is 13.6. The molecule has 1 saturated heterocycles. The van der Waals surface area contributed by atoms with Gasteiger partial charge in [-0.25, -0.2) is 0 Å². The maximum absolute atomic E-state index is 11.2. The lowest BCUT2D eigenvalue weighted by atomic mass is 10.1. The first-order chi connectivity index (χ1) is 11.7. The van der Waals surface area contributed by atoms with Crippen molar-refractivity contribution < 1.29 is 19.4 Å². The molecule has 5 heteroatoms. The summed E-state index contributed by atoms with van der Waals surface area (Å²) in [5.41, 5.74) is 1.24. The van der Waals surface area contributed by atoms with Gasteiger partial charge in [-0.2, -0.15) is 0 Å². The van der Waals surface area contributed by atoms with Crippen molar-refractivity contribution in [1.29, 1.82) is 0 Å². The molecule has 1 heterocycles. The summed E-state index contributed by atoms with van der Waals surface area (Å²) in [5.74, 6) is 1.21. The Kier molecular flexibility index (Phi) is 4.89. The highest BCUT2D eigenvalue weighted by Crippen LogP contribution is 2.32. The summed E-state index contributed by atoms with van der Waals surface area (Å²) in [6.07, 6.45) is 2.47. The summed E-state index contributed by atoms with van der Waals surface area (Å²) in [7, 11) is 1.67. The van der Waals surface area contributed by atoms with Crippen molar-refractivity contribution in [3.63, 3.8) is 0 Å². The SMILES string of the molecule is COc1ccccc1N1CCCC(Oc2cccc(O)c2C=O)C1. The molecule has 126 valence electrons. The Morgan fingerprint density at radius 3 is 2.75 bits per heavy atom. The Bertz CT molecular complexity index is 716. The highest BCUT2D eigenvalue weighted by atomic mass is 16.5. The number of anilines is 1. The van der Waals surface area contributed by atoms with Crippen LogP contribution in [0.5, 0.6) is 17.2 Å². The fourth-order valence-electron chi connectivity index (χ4n) is 3.08. The van der Waals surface area contributed by atoms with E-state index in [0.717, 1.165) is 30.8 Å². The first kappa shape index (κ1) is 16.2. The second-order valence-corrected chi connectivity index (χ2v) is 5.81. The second-order valence-electron chi connectivity index (χ2n) is 5.81. The number of para-hydroxylation sites is 2. The number of hydrogen-bond donors (Lipinski definition) is 1. The lowest BCUT2D eigenvalue weighted by Crippen LogP contribution is -2.41. The number of hydrogen-bond acceptors (Lipinski definition) is 5. The van der Waals surface area contributed by atoms with Crippen molar-refractivity contribution in [3.8, 4) is 17.2 Å². The molecule has 0 aromatic heterocycles. The quantitative estimate of drug-likeness (QED) is 0.854. The van der Waals surface area contributed by atoms with E-state index in [1.165, 1.54) is 6.07 Å². The van der Waals surface area contributed by atoms with E-state index in [1.54, 1.807) is 19.2 Å². The fraction of sp³-hybridized carbons (Fsp3) is 0.316. The number of carbonyl (C=O) groups is 1. The van der Waals surface area contributed by atoms with E-state index in [-0.39, 0.29) is 17.4 Å². The van der Waals surface area contributed by atoms with Crippen molar-refractivity contribution in [2.75, 3.05) is 25.1 Å². The van der Waals surface area contributed by atoms with Gasteiger partial charge < -0.3 is 19.5 Å². The summed E-state index contributed by atoms with van der Waals surface area (Å²) in [4.78, 5) is 13.4. The van der Waals surface area contributed by atoms with E-state index in [4.69, 9.17) is 9.47 Å². The third kappa shape index (κ3) is 3.30. The van der Waals surface area contributed by atoms with Crippen LogP contribution < -0.4 is 14.4 Å². The molecule has 5 nitrogen and oxygen atoms in total. The number of rotatable bonds is 5. The number of carbonyl (C=O) groups excluding carboxylic acids is 1. The van der Waals surface area contributed by atoms with E-state index >= 15 is 0 Å². The minimum absolute atomic E-state index is 0.0517. The van der Waals surface area contributed by atoms with Crippen LogP contribution in [-0.2, 0) is 0 Å². The third-order valence-corrected chi connectivity index (χ3v) is 4.26. The van der Waals surface area contributed by atoms with Gasteiger partial charge in [0.15, 0.2) is 6.29 Å². The Balaban J connectivity index is 1.77. The number of aromatic hydroxyl groups is 1. The van der Waals surface area contributed by atoms with Gasteiger partial charge in [0.05, 0.1) is 24.9 Å². The largest absolute Gasteiger partial charge is 0.507 e. The number of aldehydes is 1. The Morgan fingerprint density at radius 1 is 1.17 bits per heavy atom. The molecule has 2 aromatic carbocycles. The first-order valence-corrected chi connectivity index (χ1v) is 8.04. The predicted octanol–water partition coefficient (Wildman–Crippen LogP) is 3.26. The van der Waals surface area contributed by atoms with Crippen molar-refractivity contribution in [1.82, 2.24) is 0 Å². The predicted molar refractivity (Wildman–Crippen MR) is 92.4 cm³/mol. The number of phenols is 1. The molecule has 0 saturated carbocycles. The maximum Gasteiger partial charge on any atom is 0.157 e. The number of methoxy groups -OCH3 is 1. The number of phenolic OH excluding ortho intramolecular Hbond substituents is 1. The molecular weight excluding hydrogens is 306 g/mol. The van der Waals surface area contributed by atoms with E-state index in [2.05, 4.69) is 4.90 Å². The van der Waals surface area contributed by atoms with E-state index in [1.807, 2.05) is 24.3 Å². The van der Waals surface area contributed by atoms with Crippen LogP contribution in [0.2, 0.25) is 0 Å². The van der Waals surface area contributed by atoms with Gasteiger partial charge in [-0.05, 0) is 37.1 Å². The van der Waals surface area contributed by atoms with Crippen molar-refractivity contribution in [2.45, 2.75) is 18.9 Å². The maximum atomic E-state index is 11.2. The first-order valence-electron chi connectivity index (χ1n) is 8.04. The van der Waals surface area contributed by atoms with E-state index in [0.29, 0.717) is 18.6 Å². The van der Waals surface area contributed by atoms with Crippen LogP contribution in [0.3, 0.4) is 0 Å². The molecule has 1 atom stereocenters. The molecule has 0 bridgehead atoms. The highest BCUT2D eigenvalue weighted by molar-refractivity contribution is 5.83. The number of ether oxygens (including phenoxy) is 2. The number of nitrogens with zero attached hydrogens (tertiary/aromatic N) is 1. The Labute approximate surface area is 141 Å². The minimum atomic E-state index is -0.0557. The van der Waals surface area contributed by atoms with Crippen LogP contribution >= 0.6 is 0 Å². The van der Waals surface area contributed by atoms with E-state index < -0.39 is 0 Å². The van der Waals surface area contributed by atoms with Gasteiger partial charge in [0, 0.05) is 6.54 Å². The molecule has 0 spiro atoms. The Morgan fingerprint density at radius 2 is 1.96 bits per heavy atom. The number of piperidine rings is 1. The molecule has 3 rings (SSSR count). The van der Waals surface area contributed by atoms with Crippen LogP contribution in [0, 0.1) is 0 Å². The molecule has 1 aliphatic heterocycles. The van der Waals surface area contributed by atoms with Crippen LogP contribution in [0.1, 0.15) is 23.2 Å². The molecule has 2 aromatic rings. The van der Waals surface area contributed by atoms with Gasteiger partial charge in [0.1, 0.15) is 23.4 Å². The molecule has 0 radical (unpaired) electrons. The number of benzene rings is 2. The zero-order chi connectivity index (χ0) is 16.9.